The van der Waals surface area contributed by atoms with Crippen molar-refractivity contribution < 1.29 is 9.53 Å². The SMILES string of the molecule is COCC(=O)NCc1nc2ccc(C)cc2[nH]1. The number of carbonyl (C=O) groups is 1. The number of aryl methyl sites for hydroxylation is 1. The summed E-state index contributed by atoms with van der Waals surface area (Å²) in [6, 6.07) is 6.00. The molecule has 0 aliphatic heterocycles. The molecule has 0 saturated heterocycles. The molecule has 17 heavy (non-hydrogen) atoms. The van der Waals surface area contributed by atoms with Crippen molar-refractivity contribution in [3.8, 4) is 0 Å². The lowest BCUT2D eigenvalue weighted by molar-refractivity contribution is -0.124. The molecule has 0 fully saturated rings. The first-order valence-electron chi connectivity index (χ1n) is 5.40. The van der Waals surface area contributed by atoms with Crippen LogP contribution in [-0.2, 0) is 16.1 Å². The van der Waals surface area contributed by atoms with Crippen molar-refractivity contribution in [1.29, 1.82) is 0 Å². The highest BCUT2D eigenvalue weighted by Crippen LogP contribution is 2.12. The second-order valence-corrected chi connectivity index (χ2v) is 3.91. The van der Waals surface area contributed by atoms with Crippen LogP contribution in [0.2, 0.25) is 0 Å². The summed E-state index contributed by atoms with van der Waals surface area (Å²) in [6.45, 7) is 2.48. The minimum absolute atomic E-state index is 0.0688. The third kappa shape index (κ3) is 2.82. The van der Waals surface area contributed by atoms with Crippen LogP contribution in [0.4, 0.5) is 0 Å². The molecule has 1 aromatic carbocycles. The van der Waals surface area contributed by atoms with Gasteiger partial charge in [0.25, 0.3) is 0 Å². The van der Waals surface area contributed by atoms with Crippen LogP contribution < -0.4 is 5.32 Å². The lowest BCUT2D eigenvalue weighted by Crippen LogP contribution is -2.26. The molecule has 0 atom stereocenters. The third-order valence-electron chi connectivity index (χ3n) is 2.41. The average Bonchev–Trinajstić information content (AvgIpc) is 2.68. The van der Waals surface area contributed by atoms with E-state index >= 15 is 0 Å². The molecular formula is C12H15N3O2. The van der Waals surface area contributed by atoms with Crippen molar-refractivity contribution in [3.63, 3.8) is 0 Å². The molecule has 2 aromatic rings. The second kappa shape index (κ2) is 4.97. The topological polar surface area (TPSA) is 67.0 Å². The van der Waals surface area contributed by atoms with Gasteiger partial charge in [0.1, 0.15) is 12.4 Å². The number of benzene rings is 1. The number of nitrogens with one attached hydrogen (secondary N) is 2. The van der Waals surface area contributed by atoms with Crippen molar-refractivity contribution in [2.75, 3.05) is 13.7 Å². The number of fused-ring (bicyclic) bond motifs is 1. The van der Waals surface area contributed by atoms with Gasteiger partial charge in [-0.25, -0.2) is 4.98 Å². The zero-order valence-corrected chi connectivity index (χ0v) is 9.91. The van der Waals surface area contributed by atoms with Crippen molar-refractivity contribution in [1.82, 2.24) is 15.3 Å². The van der Waals surface area contributed by atoms with E-state index in [1.807, 2.05) is 25.1 Å². The highest BCUT2D eigenvalue weighted by atomic mass is 16.5. The molecule has 90 valence electrons. The van der Waals surface area contributed by atoms with Crippen LogP contribution in [0.15, 0.2) is 18.2 Å². The maximum Gasteiger partial charge on any atom is 0.246 e. The summed E-state index contributed by atoms with van der Waals surface area (Å²) in [5.74, 6) is 0.596. The predicted octanol–water partition coefficient (Wildman–Crippen LogP) is 1.13. The van der Waals surface area contributed by atoms with Gasteiger partial charge in [0.2, 0.25) is 5.91 Å². The Morgan fingerprint density at radius 2 is 2.35 bits per heavy atom. The van der Waals surface area contributed by atoms with Crippen molar-refractivity contribution in [2.45, 2.75) is 13.5 Å². The quantitative estimate of drug-likeness (QED) is 0.832. The number of H-pyrrole nitrogens is 1. The van der Waals surface area contributed by atoms with Crippen LogP contribution in [0.3, 0.4) is 0 Å². The fourth-order valence-electron chi connectivity index (χ4n) is 1.62. The first-order valence-corrected chi connectivity index (χ1v) is 5.40. The Morgan fingerprint density at radius 1 is 1.53 bits per heavy atom. The van der Waals surface area contributed by atoms with Crippen molar-refractivity contribution in [2.24, 2.45) is 0 Å². The Labute approximate surface area is 99.2 Å². The van der Waals surface area contributed by atoms with Gasteiger partial charge in [-0.15, -0.1) is 0 Å². The summed E-state index contributed by atoms with van der Waals surface area (Å²) in [4.78, 5) is 18.7. The number of aromatic amines is 1. The molecule has 0 aliphatic carbocycles. The third-order valence-corrected chi connectivity index (χ3v) is 2.41. The summed E-state index contributed by atoms with van der Waals surface area (Å²) in [5.41, 5.74) is 3.07. The van der Waals surface area contributed by atoms with Crippen LogP contribution in [0.25, 0.3) is 11.0 Å². The first-order chi connectivity index (χ1) is 8.19. The number of imidazole rings is 1. The molecule has 5 heteroatoms. The van der Waals surface area contributed by atoms with E-state index in [-0.39, 0.29) is 12.5 Å². The molecule has 0 saturated carbocycles. The molecular weight excluding hydrogens is 218 g/mol. The molecule has 0 unspecified atom stereocenters. The van der Waals surface area contributed by atoms with E-state index in [1.54, 1.807) is 0 Å². The summed E-state index contributed by atoms with van der Waals surface area (Å²) >= 11 is 0. The molecule has 1 amide bonds. The predicted molar refractivity (Wildman–Crippen MR) is 64.6 cm³/mol. The van der Waals surface area contributed by atoms with Crippen LogP contribution >= 0.6 is 0 Å². The number of rotatable bonds is 4. The summed E-state index contributed by atoms with van der Waals surface area (Å²) in [6.07, 6.45) is 0. The zero-order chi connectivity index (χ0) is 12.3. The molecule has 1 heterocycles. The number of amides is 1. The van der Waals surface area contributed by atoms with Gasteiger partial charge >= 0.3 is 0 Å². The van der Waals surface area contributed by atoms with E-state index in [1.165, 1.54) is 12.7 Å². The summed E-state index contributed by atoms with van der Waals surface area (Å²) < 4.78 is 4.72. The normalized spacial score (nSPS) is 10.7. The maximum absolute atomic E-state index is 11.2. The van der Waals surface area contributed by atoms with Gasteiger partial charge in [-0.1, -0.05) is 6.07 Å². The number of ether oxygens (including phenoxy) is 1. The Hall–Kier alpha value is -1.88. The zero-order valence-electron chi connectivity index (χ0n) is 9.91. The van der Waals surface area contributed by atoms with Crippen LogP contribution in [0, 0.1) is 6.92 Å². The second-order valence-electron chi connectivity index (χ2n) is 3.91. The van der Waals surface area contributed by atoms with Gasteiger partial charge in [0.15, 0.2) is 0 Å². The molecule has 5 nitrogen and oxygen atoms in total. The molecule has 2 N–H and O–H groups in total. The highest BCUT2D eigenvalue weighted by Gasteiger charge is 2.04. The van der Waals surface area contributed by atoms with E-state index in [0.717, 1.165) is 16.9 Å². The van der Waals surface area contributed by atoms with E-state index in [2.05, 4.69) is 15.3 Å². The Morgan fingerprint density at radius 3 is 3.12 bits per heavy atom. The van der Waals surface area contributed by atoms with Gasteiger partial charge in [-0.2, -0.15) is 0 Å². The monoisotopic (exact) mass is 233 g/mol. The number of hydrogen-bond acceptors (Lipinski definition) is 3. The van der Waals surface area contributed by atoms with Crippen LogP contribution in [-0.4, -0.2) is 29.6 Å². The van der Waals surface area contributed by atoms with Crippen LogP contribution in [0.5, 0.6) is 0 Å². The van der Waals surface area contributed by atoms with Gasteiger partial charge in [0.05, 0.1) is 17.6 Å². The smallest absolute Gasteiger partial charge is 0.246 e. The number of aromatic nitrogens is 2. The highest BCUT2D eigenvalue weighted by molar-refractivity contribution is 5.78. The van der Waals surface area contributed by atoms with Gasteiger partial charge in [-0.05, 0) is 24.6 Å². The molecule has 0 radical (unpaired) electrons. The van der Waals surface area contributed by atoms with Crippen molar-refractivity contribution >= 4 is 16.9 Å². The Kier molecular flexibility index (Phi) is 3.39. The number of methoxy groups -OCH3 is 1. The molecule has 0 spiro atoms. The van der Waals surface area contributed by atoms with Gasteiger partial charge in [-0.3, -0.25) is 4.79 Å². The number of carbonyl (C=O) groups excluding carboxylic acids is 1. The maximum atomic E-state index is 11.2. The molecule has 0 aliphatic rings. The Balaban J connectivity index is 2.07. The Bertz CT molecular complexity index is 534. The van der Waals surface area contributed by atoms with Crippen molar-refractivity contribution in [3.05, 3.63) is 29.6 Å². The largest absolute Gasteiger partial charge is 0.375 e. The minimum Gasteiger partial charge on any atom is -0.375 e. The fraction of sp³-hybridized carbons (Fsp3) is 0.333. The first kappa shape index (κ1) is 11.6. The standard InChI is InChI=1S/C12H15N3O2/c1-8-3-4-9-10(5-8)15-11(14-9)6-13-12(16)7-17-2/h3-5H,6-7H2,1-2H3,(H,13,16)(H,14,15). The van der Waals surface area contributed by atoms with E-state index in [4.69, 9.17) is 4.74 Å². The van der Waals surface area contributed by atoms with E-state index in [9.17, 15) is 4.79 Å². The van der Waals surface area contributed by atoms with E-state index < -0.39 is 0 Å². The molecule has 1 aromatic heterocycles. The van der Waals surface area contributed by atoms with Gasteiger partial charge < -0.3 is 15.0 Å². The number of hydrogen-bond donors (Lipinski definition) is 2. The lowest BCUT2D eigenvalue weighted by atomic mass is 10.2. The van der Waals surface area contributed by atoms with Gasteiger partial charge in [0, 0.05) is 7.11 Å². The molecule has 0 bridgehead atoms. The summed E-state index contributed by atoms with van der Waals surface area (Å²) in [7, 11) is 1.49. The lowest BCUT2D eigenvalue weighted by Gasteiger charge is -2.00. The average molecular weight is 233 g/mol. The molecule has 2 rings (SSSR count). The minimum atomic E-state index is -0.149. The summed E-state index contributed by atoms with van der Waals surface area (Å²) in [5, 5.41) is 2.72. The fourth-order valence-corrected chi connectivity index (χ4v) is 1.62. The number of nitrogens with zero attached hydrogens (tertiary/aromatic N) is 1. The van der Waals surface area contributed by atoms with E-state index in [0.29, 0.717) is 6.54 Å². The van der Waals surface area contributed by atoms with Crippen LogP contribution in [0.1, 0.15) is 11.4 Å².